The number of carbonyl (C=O) groups is 1. The number of piperidine rings is 1. The maximum absolute atomic E-state index is 13.0. The standard InChI is InChI=1S/C21H29N3O5/c1-13(2)20-22-18(29-23-20)10-14-6-8-24(9-7-14)21(25)15-11-16(26-3)19(28-5)17(12-15)27-4/h11-14H,6-10H2,1-5H3. The van der Waals surface area contributed by atoms with E-state index >= 15 is 0 Å². The van der Waals surface area contributed by atoms with Gasteiger partial charge in [-0.05, 0) is 30.9 Å². The average Bonchev–Trinajstić information content (AvgIpc) is 3.21. The van der Waals surface area contributed by atoms with E-state index in [2.05, 4.69) is 10.1 Å². The number of rotatable bonds is 7. The number of ether oxygens (including phenoxy) is 3. The quantitative estimate of drug-likeness (QED) is 0.701. The normalized spacial score (nSPS) is 14.9. The molecule has 0 bridgehead atoms. The van der Waals surface area contributed by atoms with E-state index in [0.29, 0.717) is 47.7 Å². The Morgan fingerprint density at radius 3 is 2.24 bits per heavy atom. The Kier molecular flexibility index (Phi) is 6.61. The third-order valence-corrected chi connectivity index (χ3v) is 5.28. The van der Waals surface area contributed by atoms with E-state index in [9.17, 15) is 4.79 Å². The summed E-state index contributed by atoms with van der Waals surface area (Å²) in [5, 5.41) is 4.03. The molecule has 8 nitrogen and oxygen atoms in total. The molecule has 2 aromatic rings. The Morgan fingerprint density at radius 2 is 1.76 bits per heavy atom. The lowest BCUT2D eigenvalue weighted by Crippen LogP contribution is -2.39. The van der Waals surface area contributed by atoms with Crippen LogP contribution in [0.4, 0.5) is 0 Å². The van der Waals surface area contributed by atoms with Crippen molar-refractivity contribution < 1.29 is 23.5 Å². The topological polar surface area (TPSA) is 86.9 Å². The van der Waals surface area contributed by atoms with Gasteiger partial charge in [0, 0.05) is 31.0 Å². The van der Waals surface area contributed by atoms with Crippen molar-refractivity contribution in [2.45, 2.75) is 39.0 Å². The molecule has 1 aliphatic rings. The van der Waals surface area contributed by atoms with Gasteiger partial charge >= 0.3 is 0 Å². The largest absolute Gasteiger partial charge is 0.493 e. The molecule has 0 radical (unpaired) electrons. The highest BCUT2D eigenvalue weighted by atomic mass is 16.5. The van der Waals surface area contributed by atoms with E-state index in [-0.39, 0.29) is 11.8 Å². The van der Waals surface area contributed by atoms with Crippen LogP contribution in [0.3, 0.4) is 0 Å². The number of amides is 1. The molecule has 0 N–H and O–H groups in total. The number of carbonyl (C=O) groups excluding carboxylic acids is 1. The fourth-order valence-corrected chi connectivity index (χ4v) is 3.56. The van der Waals surface area contributed by atoms with Gasteiger partial charge in [-0.25, -0.2) is 0 Å². The number of likely N-dealkylation sites (tertiary alicyclic amines) is 1. The van der Waals surface area contributed by atoms with Crippen LogP contribution in [0.2, 0.25) is 0 Å². The van der Waals surface area contributed by atoms with Crippen molar-refractivity contribution in [3.8, 4) is 17.2 Å². The van der Waals surface area contributed by atoms with Gasteiger partial charge in [0.2, 0.25) is 11.6 Å². The summed E-state index contributed by atoms with van der Waals surface area (Å²) in [5.74, 6) is 3.50. The van der Waals surface area contributed by atoms with Gasteiger partial charge in [-0.15, -0.1) is 0 Å². The van der Waals surface area contributed by atoms with Gasteiger partial charge < -0.3 is 23.6 Å². The van der Waals surface area contributed by atoms with Crippen molar-refractivity contribution in [3.63, 3.8) is 0 Å². The van der Waals surface area contributed by atoms with Gasteiger partial charge in [0.15, 0.2) is 17.3 Å². The van der Waals surface area contributed by atoms with E-state index in [1.54, 1.807) is 33.5 Å². The van der Waals surface area contributed by atoms with Crippen LogP contribution in [-0.2, 0) is 6.42 Å². The maximum atomic E-state index is 13.0. The molecule has 1 aromatic heterocycles. The highest BCUT2D eigenvalue weighted by molar-refractivity contribution is 5.95. The van der Waals surface area contributed by atoms with Crippen molar-refractivity contribution in [1.82, 2.24) is 15.0 Å². The molecule has 0 spiro atoms. The lowest BCUT2D eigenvalue weighted by atomic mass is 9.93. The molecular formula is C21H29N3O5. The van der Waals surface area contributed by atoms with Crippen LogP contribution in [0.5, 0.6) is 17.2 Å². The predicted molar refractivity (Wildman–Crippen MR) is 107 cm³/mol. The van der Waals surface area contributed by atoms with Gasteiger partial charge in [-0.1, -0.05) is 19.0 Å². The number of hydrogen-bond donors (Lipinski definition) is 0. The fraction of sp³-hybridized carbons (Fsp3) is 0.571. The van der Waals surface area contributed by atoms with E-state index < -0.39 is 0 Å². The summed E-state index contributed by atoms with van der Waals surface area (Å²) in [7, 11) is 4.62. The zero-order chi connectivity index (χ0) is 21.0. The van der Waals surface area contributed by atoms with Crippen LogP contribution in [0.1, 0.15) is 54.7 Å². The van der Waals surface area contributed by atoms with Gasteiger partial charge in [-0.2, -0.15) is 4.98 Å². The Morgan fingerprint density at radius 1 is 1.14 bits per heavy atom. The second-order valence-electron chi connectivity index (χ2n) is 7.55. The van der Waals surface area contributed by atoms with Crippen LogP contribution in [-0.4, -0.2) is 55.4 Å². The predicted octanol–water partition coefficient (Wildman–Crippen LogP) is 3.31. The summed E-state index contributed by atoms with van der Waals surface area (Å²) in [5.41, 5.74) is 0.524. The molecule has 1 saturated heterocycles. The number of benzene rings is 1. The van der Waals surface area contributed by atoms with Crippen molar-refractivity contribution in [1.29, 1.82) is 0 Å². The van der Waals surface area contributed by atoms with E-state index in [0.717, 1.165) is 25.1 Å². The molecule has 3 rings (SSSR count). The molecule has 1 amide bonds. The molecule has 29 heavy (non-hydrogen) atoms. The van der Waals surface area contributed by atoms with Crippen LogP contribution in [0.15, 0.2) is 16.7 Å². The zero-order valence-electron chi connectivity index (χ0n) is 17.7. The summed E-state index contributed by atoms with van der Waals surface area (Å²) >= 11 is 0. The lowest BCUT2D eigenvalue weighted by Gasteiger charge is -2.31. The number of aromatic nitrogens is 2. The van der Waals surface area contributed by atoms with Gasteiger partial charge in [0.1, 0.15) is 0 Å². The molecule has 0 atom stereocenters. The minimum Gasteiger partial charge on any atom is -0.493 e. The van der Waals surface area contributed by atoms with Gasteiger partial charge in [0.25, 0.3) is 5.91 Å². The maximum Gasteiger partial charge on any atom is 0.254 e. The first-order valence-corrected chi connectivity index (χ1v) is 9.88. The van der Waals surface area contributed by atoms with Crippen molar-refractivity contribution >= 4 is 5.91 Å². The van der Waals surface area contributed by atoms with E-state index in [1.807, 2.05) is 18.7 Å². The van der Waals surface area contributed by atoms with Crippen LogP contribution < -0.4 is 14.2 Å². The Balaban J connectivity index is 1.63. The summed E-state index contributed by atoms with van der Waals surface area (Å²) in [6.45, 7) is 5.46. The highest BCUT2D eigenvalue weighted by Crippen LogP contribution is 2.38. The smallest absolute Gasteiger partial charge is 0.254 e. The highest BCUT2D eigenvalue weighted by Gasteiger charge is 2.27. The number of nitrogens with zero attached hydrogens (tertiary/aromatic N) is 3. The number of methoxy groups -OCH3 is 3. The van der Waals surface area contributed by atoms with E-state index in [4.69, 9.17) is 18.7 Å². The molecule has 0 saturated carbocycles. The Bertz CT molecular complexity index is 816. The Labute approximate surface area is 171 Å². The second-order valence-corrected chi connectivity index (χ2v) is 7.55. The third-order valence-electron chi connectivity index (χ3n) is 5.28. The Hall–Kier alpha value is -2.77. The molecule has 158 valence electrons. The minimum atomic E-state index is -0.0393. The summed E-state index contributed by atoms with van der Waals surface area (Å²) < 4.78 is 21.4. The summed E-state index contributed by atoms with van der Waals surface area (Å²) in [6, 6.07) is 3.39. The monoisotopic (exact) mass is 403 g/mol. The average molecular weight is 403 g/mol. The van der Waals surface area contributed by atoms with E-state index in [1.165, 1.54) is 0 Å². The first kappa shape index (κ1) is 21.0. The van der Waals surface area contributed by atoms with Crippen LogP contribution >= 0.6 is 0 Å². The summed E-state index contributed by atoms with van der Waals surface area (Å²) in [6.07, 6.45) is 2.55. The molecule has 0 unspecified atom stereocenters. The van der Waals surface area contributed by atoms with Crippen molar-refractivity contribution in [3.05, 3.63) is 29.4 Å². The van der Waals surface area contributed by atoms with Crippen LogP contribution in [0.25, 0.3) is 0 Å². The molecule has 1 fully saturated rings. The molecule has 1 aliphatic heterocycles. The second kappa shape index (κ2) is 9.15. The fourth-order valence-electron chi connectivity index (χ4n) is 3.56. The minimum absolute atomic E-state index is 0.0393. The molecule has 8 heteroatoms. The number of hydrogen-bond acceptors (Lipinski definition) is 7. The lowest BCUT2D eigenvalue weighted by molar-refractivity contribution is 0.0686. The van der Waals surface area contributed by atoms with Gasteiger partial charge in [-0.3, -0.25) is 4.79 Å². The zero-order valence-corrected chi connectivity index (χ0v) is 17.7. The SMILES string of the molecule is COc1cc(C(=O)N2CCC(Cc3nc(C(C)C)no3)CC2)cc(OC)c1OC. The van der Waals surface area contributed by atoms with Crippen LogP contribution in [0, 0.1) is 5.92 Å². The van der Waals surface area contributed by atoms with Crippen molar-refractivity contribution in [2.24, 2.45) is 5.92 Å². The first-order valence-electron chi connectivity index (χ1n) is 9.88. The summed E-state index contributed by atoms with van der Waals surface area (Å²) in [4.78, 5) is 19.3. The third kappa shape index (κ3) is 4.63. The molecule has 0 aliphatic carbocycles. The molecule has 2 heterocycles. The molecule has 1 aromatic carbocycles. The molecular weight excluding hydrogens is 374 g/mol. The first-order chi connectivity index (χ1) is 14.0. The van der Waals surface area contributed by atoms with Gasteiger partial charge in [0.05, 0.1) is 21.3 Å². The van der Waals surface area contributed by atoms with Crippen molar-refractivity contribution in [2.75, 3.05) is 34.4 Å².